The molecule has 0 aromatic heterocycles. The minimum atomic E-state index is -4.58. The largest absolute Gasteiger partial charge is 0.416 e. The number of alkyl halides is 3. The van der Waals surface area contributed by atoms with Crippen LogP contribution in [0.1, 0.15) is 18.1 Å². The average molecular weight is 383 g/mol. The van der Waals surface area contributed by atoms with Crippen molar-refractivity contribution in [2.45, 2.75) is 13.1 Å². The van der Waals surface area contributed by atoms with Crippen molar-refractivity contribution >= 4 is 40.9 Å². The minimum Gasteiger partial charge on any atom is -0.325 e. The number of carbonyl (C=O) groups is 2. The van der Waals surface area contributed by atoms with Gasteiger partial charge in [0.15, 0.2) is 0 Å². The lowest BCUT2D eigenvalue weighted by atomic mass is 10.1. The molecule has 0 saturated heterocycles. The van der Waals surface area contributed by atoms with E-state index < -0.39 is 23.6 Å². The quantitative estimate of drug-likeness (QED) is 0.733. The van der Waals surface area contributed by atoms with Crippen LogP contribution in [0.25, 0.3) is 6.08 Å². The topological polar surface area (TPSA) is 58.2 Å². The Balaban J connectivity index is 2.23. The van der Waals surface area contributed by atoms with E-state index in [2.05, 4.69) is 10.6 Å². The van der Waals surface area contributed by atoms with Crippen molar-refractivity contribution in [1.82, 2.24) is 0 Å². The summed E-state index contributed by atoms with van der Waals surface area (Å²) in [4.78, 5) is 23.2. The summed E-state index contributed by atoms with van der Waals surface area (Å²) in [6.07, 6.45) is -1.92. The zero-order valence-electron chi connectivity index (χ0n) is 13.5. The third-order valence-electron chi connectivity index (χ3n) is 3.21. The molecule has 0 aliphatic rings. The monoisotopic (exact) mass is 382 g/mol. The van der Waals surface area contributed by atoms with E-state index in [9.17, 15) is 22.8 Å². The van der Waals surface area contributed by atoms with E-state index in [0.717, 1.165) is 18.2 Å². The van der Waals surface area contributed by atoms with Crippen molar-refractivity contribution in [3.05, 3.63) is 64.7 Å². The lowest BCUT2D eigenvalue weighted by molar-refractivity contribution is -0.137. The van der Waals surface area contributed by atoms with Crippen LogP contribution in [0.15, 0.2) is 48.5 Å². The van der Waals surface area contributed by atoms with Crippen molar-refractivity contribution in [2.75, 3.05) is 10.6 Å². The number of hydrogen-bond acceptors (Lipinski definition) is 2. The maximum atomic E-state index is 12.9. The SMILES string of the molecule is CC(=O)Nc1ccc(C(F)(F)F)cc1NC(=O)/C=C/c1ccc(Cl)cc1. The van der Waals surface area contributed by atoms with Gasteiger partial charge in [0, 0.05) is 18.0 Å². The Morgan fingerprint density at radius 2 is 1.65 bits per heavy atom. The van der Waals surface area contributed by atoms with Crippen LogP contribution < -0.4 is 10.6 Å². The van der Waals surface area contributed by atoms with Gasteiger partial charge in [0.25, 0.3) is 0 Å². The zero-order chi connectivity index (χ0) is 19.3. The summed E-state index contributed by atoms with van der Waals surface area (Å²) < 4.78 is 38.6. The smallest absolute Gasteiger partial charge is 0.325 e. The van der Waals surface area contributed by atoms with Gasteiger partial charge in [-0.05, 0) is 42.0 Å². The maximum Gasteiger partial charge on any atom is 0.416 e. The third-order valence-corrected chi connectivity index (χ3v) is 3.46. The molecule has 8 heteroatoms. The van der Waals surface area contributed by atoms with E-state index in [1.54, 1.807) is 24.3 Å². The molecule has 2 aromatic carbocycles. The molecule has 0 aliphatic carbocycles. The van der Waals surface area contributed by atoms with Crippen molar-refractivity contribution in [3.63, 3.8) is 0 Å². The van der Waals surface area contributed by atoms with Crippen molar-refractivity contribution in [3.8, 4) is 0 Å². The summed E-state index contributed by atoms with van der Waals surface area (Å²) >= 11 is 5.76. The fraction of sp³-hybridized carbons (Fsp3) is 0.111. The summed E-state index contributed by atoms with van der Waals surface area (Å²) in [5.41, 5.74) is -0.334. The van der Waals surface area contributed by atoms with Gasteiger partial charge in [-0.1, -0.05) is 23.7 Å². The first-order chi connectivity index (χ1) is 12.1. The standard InChI is InChI=1S/C18H14ClF3N2O2/c1-11(25)23-15-8-5-13(18(20,21)22)10-16(15)24-17(26)9-4-12-2-6-14(19)7-3-12/h2-10H,1H3,(H,23,25)(H,24,26)/b9-4+. The number of carbonyl (C=O) groups excluding carboxylic acids is 2. The molecule has 0 spiro atoms. The molecule has 0 atom stereocenters. The Bertz CT molecular complexity index is 847. The molecule has 136 valence electrons. The third kappa shape index (κ3) is 5.63. The van der Waals surface area contributed by atoms with E-state index in [0.29, 0.717) is 10.6 Å². The van der Waals surface area contributed by atoms with Crippen LogP contribution in [0.2, 0.25) is 5.02 Å². The number of amides is 2. The number of halogens is 4. The summed E-state index contributed by atoms with van der Waals surface area (Å²) in [6.45, 7) is 1.21. The number of benzene rings is 2. The zero-order valence-corrected chi connectivity index (χ0v) is 14.3. The second kappa shape index (κ2) is 8.05. The second-order valence-corrected chi connectivity index (χ2v) is 5.75. The Morgan fingerprint density at radius 3 is 2.23 bits per heavy atom. The van der Waals surface area contributed by atoms with E-state index in [4.69, 9.17) is 11.6 Å². The molecule has 4 nitrogen and oxygen atoms in total. The van der Waals surface area contributed by atoms with Crippen molar-refractivity contribution in [2.24, 2.45) is 0 Å². The fourth-order valence-corrected chi connectivity index (χ4v) is 2.17. The van der Waals surface area contributed by atoms with Gasteiger partial charge in [0.05, 0.1) is 16.9 Å². The van der Waals surface area contributed by atoms with E-state index in [-0.39, 0.29) is 11.4 Å². The molecule has 0 aliphatic heterocycles. The number of rotatable bonds is 4. The van der Waals surface area contributed by atoms with Gasteiger partial charge in [-0.2, -0.15) is 13.2 Å². The summed E-state index contributed by atoms with van der Waals surface area (Å²) in [7, 11) is 0. The van der Waals surface area contributed by atoms with E-state index in [1.165, 1.54) is 19.1 Å². The van der Waals surface area contributed by atoms with Gasteiger partial charge < -0.3 is 10.6 Å². The molecule has 0 heterocycles. The molecule has 2 aromatic rings. The molecule has 2 rings (SSSR count). The molecular formula is C18H14ClF3N2O2. The lowest BCUT2D eigenvalue weighted by Crippen LogP contribution is -2.14. The van der Waals surface area contributed by atoms with Crippen LogP contribution in [-0.2, 0) is 15.8 Å². The fourth-order valence-electron chi connectivity index (χ4n) is 2.04. The first-order valence-electron chi connectivity index (χ1n) is 7.38. The highest BCUT2D eigenvalue weighted by atomic mass is 35.5. The van der Waals surface area contributed by atoms with E-state index in [1.807, 2.05) is 0 Å². The van der Waals surface area contributed by atoms with Crippen molar-refractivity contribution in [1.29, 1.82) is 0 Å². The van der Waals surface area contributed by atoms with Gasteiger partial charge in [-0.25, -0.2) is 0 Å². The molecule has 0 radical (unpaired) electrons. The first kappa shape index (κ1) is 19.5. The molecule has 26 heavy (non-hydrogen) atoms. The van der Waals surface area contributed by atoms with Gasteiger partial charge in [0.1, 0.15) is 0 Å². The van der Waals surface area contributed by atoms with Crippen LogP contribution in [0.5, 0.6) is 0 Å². The van der Waals surface area contributed by atoms with Gasteiger partial charge in [0.2, 0.25) is 11.8 Å². The molecule has 0 unspecified atom stereocenters. The Labute approximate surface area is 152 Å². The van der Waals surface area contributed by atoms with E-state index >= 15 is 0 Å². The minimum absolute atomic E-state index is 0.0683. The predicted octanol–water partition coefficient (Wildman–Crippen LogP) is 4.97. The van der Waals surface area contributed by atoms with Gasteiger partial charge >= 0.3 is 6.18 Å². The highest BCUT2D eigenvalue weighted by Gasteiger charge is 2.31. The van der Waals surface area contributed by atoms with Crippen LogP contribution >= 0.6 is 11.6 Å². The Morgan fingerprint density at radius 1 is 1.00 bits per heavy atom. The molecule has 0 bridgehead atoms. The molecule has 0 fully saturated rings. The molecule has 0 saturated carbocycles. The highest BCUT2D eigenvalue weighted by Crippen LogP contribution is 2.34. The molecular weight excluding hydrogens is 369 g/mol. The lowest BCUT2D eigenvalue weighted by Gasteiger charge is -2.14. The van der Waals surface area contributed by atoms with Crippen LogP contribution in [0, 0.1) is 0 Å². The van der Waals surface area contributed by atoms with Crippen LogP contribution in [0.3, 0.4) is 0 Å². The number of anilines is 2. The first-order valence-corrected chi connectivity index (χ1v) is 7.76. The Hall–Kier alpha value is -2.80. The summed E-state index contributed by atoms with van der Waals surface area (Å²) in [5.74, 6) is -1.12. The van der Waals surface area contributed by atoms with Gasteiger partial charge in [-0.3, -0.25) is 9.59 Å². The molecule has 2 N–H and O–H groups in total. The number of nitrogens with one attached hydrogen (secondary N) is 2. The highest BCUT2D eigenvalue weighted by molar-refractivity contribution is 6.30. The van der Waals surface area contributed by atoms with Crippen molar-refractivity contribution < 1.29 is 22.8 Å². The normalized spacial score (nSPS) is 11.4. The Kier molecular flexibility index (Phi) is 6.05. The van der Waals surface area contributed by atoms with Gasteiger partial charge in [-0.15, -0.1) is 0 Å². The number of hydrogen-bond donors (Lipinski definition) is 2. The summed E-state index contributed by atoms with van der Waals surface area (Å²) in [5, 5.41) is 5.26. The molecule has 2 amide bonds. The predicted molar refractivity (Wildman–Crippen MR) is 94.9 cm³/mol. The average Bonchev–Trinajstić information content (AvgIpc) is 2.54. The summed E-state index contributed by atoms with van der Waals surface area (Å²) in [6, 6.07) is 9.31. The van der Waals surface area contributed by atoms with Crippen LogP contribution in [0.4, 0.5) is 24.5 Å². The second-order valence-electron chi connectivity index (χ2n) is 5.31. The van der Waals surface area contributed by atoms with Crippen LogP contribution in [-0.4, -0.2) is 11.8 Å². The maximum absolute atomic E-state index is 12.9.